The average Bonchev–Trinajstić information content (AvgIpc) is 3.47. The second kappa shape index (κ2) is 7.70. The standard InChI is InChI=1S/C17H26N6OS/c25-17(18-13-4-5-13)21-16-19-14(22-6-2-1-3-7-22)12-15(20-16)23-8-10-24-11-9-23/h12-13H,1-11H2,(H2,18,19,20,21,25). The number of morpholine rings is 1. The highest BCUT2D eigenvalue weighted by Crippen LogP contribution is 2.25. The Morgan fingerprint density at radius 3 is 2.28 bits per heavy atom. The lowest BCUT2D eigenvalue weighted by molar-refractivity contribution is 0.122. The van der Waals surface area contributed by atoms with Crippen molar-refractivity contribution in [3.63, 3.8) is 0 Å². The lowest BCUT2D eigenvalue weighted by Gasteiger charge is -2.31. The Balaban J connectivity index is 1.55. The van der Waals surface area contributed by atoms with Gasteiger partial charge in [0.2, 0.25) is 5.95 Å². The first kappa shape index (κ1) is 16.8. The Labute approximate surface area is 154 Å². The van der Waals surface area contributed by atoms with E-state index in [0.717, 1.165) is 51.0 Å². The summed E-state index contributed by atoms with van der Waals surface area (Å²) in [5.41, 5.74) is 0. The van der Waals surface area contributed by atoms with Gasteiger partial charge in [-0.3, -0.25) is 0 Å². The number of thiocarbonyl (C=S) groups is 1. The SMILES string of the molecule is S=C(Nc1nc(N2CCCCC2)cc(N2CCOCC2)n1)NC1CC1. The zero-order chi connectivity index (χ0) is 17.1. The Morgan fingerprint density at radius 2 is 1.64 bits per heavy atom. The molecule has 0 aromatic carbocycles. The first-order chi connectivity index (χ1) is 12.3. The summed E-state index contributed by atoms with van der Waals surface area (Å²) in [5.74, 6) is 2.53. The van der Waals surface area contributed by atoms with Gasteiger partial charge in [-0.1, -0.05) is 0 Å². The zero-order valence-corrected chi connectivity index (χ0v) is 15.4. The average molecular weight is 363 g/mol. The molecule has 3 fully saturated rings. The third kappa shape index (κ3) is 4.49. The fourth-order valence-electron chi connectivity index (χ4n) is 3.27. The van der Waals surface area contributed by atoms with E-state index in [-0.39, 0.29) is 0 Å². The van der Waals surface area contributed by atoms with Gasteiger partial charge in [-0.25, -0.2) is 0 Å². The molecule has 0 bridgehead atoms. The van der Waals surface area contributed by atoms with Gasteiger partial charge in [-0.2, -0.15) is 9.97 Å². The molecule has 1 aromatic rings. The van der Waals surface area contributed by atoms with Crippen LogP contribution in [0.1, 0.15) is 32.1 Å². The van der Waals surface area contributed by atoms with Crippen molar-refractivity contribution in [2.45, 2.75) is 38.1 Å². The number of anilines is 3. The smallest absolute Gasteiger partial charge is 0.232 e. The van der Waals surface area contributed by atoms with Crippen molar-refractivity contribution in [3.05, 3.63) is 6.07 Å². The van der Waals surface area contributed by atoms with E-state index in [9.17, 15) is 0 Å². The van der Waals surface area contributed by atoms with Crippen LogP contribution >= 0.6 is 12.2 Å². The Hall–Kier alpha value is -1.67. The van der Waals surface area contributed by atoms with Crippen LogP contribution in [-0.2, 0) is 4.74 Å². The van der Waals surface area contributed by atoms with Crippen LogP contribution in [0, 0.1) is 0 Å². The fraction of sp³-hybridized carbons (Fsp3) is 0.706. The molecule has 8 heteroatoms. The Bertz CT molecular complexity index is 575. The molecule has 2 aliphatic heterocycles. The molecule has 136 valence electrons. The number of rotatable bonds is 4. The lowest BCUT2D eigenvalue weighted by atomic mass is 10.1. The highest BCUT2D eigenvalue weighted by atomic mass is 32.1. The molecule has 0 amide bonds. The van der Waals surface area contributed by atoms with E-state index in [1.807, 2.05) is 0 Å². The van der Waals surface area contributed by atoms with Gasteiger partial charge in [-0.15, -0.1) is 0 Å². The van der Waals surface area contributed by atoms with Gasteiger partial charge >= 0.3 is 0 Å². The molecule has 1 aliphatic carbocycles. The minimum absolute atomic E-state index is 0.518. The largest absolute Gasteiger partial charge is 0.378 e. The van der Waals surface area contributed by atoms with Gasteiger partial charge in [-0.05, 0) is 44.3 Å². The highest BCUT2D eigenvalue weighted by molar-refractivity contribution is 7.80. The van der Waals surface area contributed by atoms with Gasteiger partial charge in [0.15, 0.2) is 5.11 Å². The van der Waals surface area contributed by atoms with Crippen LogP contribution < -0.4 is 20.4 Å². The van der Waals surface area contributed by atoms with Crippen molar-refractivity contribution in [1.29, 1.82) is 0 Å². The molecular weight excluding hydrogens is 336 g/mol. The number of ether oxygens (including phenoxy) is 1. The van der Waals surface area contributed by atoms with Crippen LogP contribution in [0.4, 0.5) is 17.6 Å². The summed E-state index contributed by atoms with van der Waals surface area (Å²) in [6.07, 6.45) is 6.13. The van der Waals surface area contributed by atoms with Crippen molar-refractivity contribution in [3.8, 4) is 0 Å². The van der Waals surface area contributed by atoms with Crippen molar-refractivity contribution in [1.82, 2.24) is 15.3 Å². The normalized spacial score (nSPS) is 21.1. The van der Waals surface area contributed by atoms with Crippen LogP contribution in [0.3, 0.4) is 0 Å². The van der Waals surface area contributed by atoms with Crippen LogP contribution in [0.25, 0.3) is 0 Å². The molecule has 0 spiro atoms. The van der Waals surface area contributed by atoms with E-state index in [4.69, 9.17) is 26.9 Å². The summed E-state index contributed by atoms with van der Waals surface area (Å²) in [6.45, 7) is 5.33. The Morgan fingerprint density at radius 1 is 1.00 bits per heavy atom. The van der Waals surface area contributed by atoms with Gasteiger partial charge in [0, 0.05) is 38.3 Å². The van der Waals surface area contributed by atoms with Crippen molar-refractivity contribution < 1.29 is 4.74 Å². The first-order valence-corrected chi connectivity index (χ1v) is 9.73. The molecule has 0 radical (unpaired) electrons. The van der Waals surface area contributed by atoms with Crippen LogP contribution in [0.15, 0.2) is 6.07 Å². The molecule has 2 saturated heterocycles. The number of piperidine rings is 1. The molecule has 2 N–H and O–H groups in total. The predicted molar refractivity (Wildman–Crippen MR) is 104 cm³/mol. The fourth-order valence-corrected chi connectivity index (χ4v) is 3.53. The summed E-state index contributed by atoms with van der Waals surface area (Å²) < 4.78 is 5.47. The summed E-state index contributed by atoms with van der Waals surface area (Å²) in [5, 5.41) is 7.10. The van der Waals surface area contributed by atoms with Crippen molar-refractivity contribution >= 4 is 34.9 Å². The minimum Gasteiger partial charge on any atom is -0.378 e. The van der Waals surface area contributed by atoms with Gasteiger partial charge in [0.1, 0.15) is 11.6 Å². The minimum atomic E-state index is 0.518. The first-order valence-electron chi connectivity index (χ1n) is 9.32. The molecule has 4 rings (SSSR count). The number of hydrogen-bond donors (Lipinski definition) is 2. The van der Waals surface area contributed by atoms with Crippen LogP contribution in [0.5, 0.6) is 0 Å². The summed E-state index contributed by atoms with van der Waals surface area (Å²) in [7, 11) is 0. The second-order valence-electron chi connectivity index (χ2n) is 6.93. The van der Waals surface area contributed by atoms with E-state index in [0.29, 0.717) is 17.1 Å². The highest BCUT2D eigenvalue weighted by Gasteiger charge is 2.23. The monoisotopic (exact) mass is 362 g/mol. The topological polar surface area (TPSA) is 65.6 Å². The lowest BCUT2D eigenvalue weighted by Crippen LogP contribution is -2.38. The molecule has 0 atom stereocenters. The van der Waals surface area contributed by atoms with Crippen molar-refractivity contribution in [2.24, 2.45) is 0 Å². The molecule has 3 heterocycles. The number of nitrogens with zero attached hydrogens (tertiary/aromatic N) is 4. The predicted octanol–water partition coefficient (Wildman–Crippen LogP) is 1.75. The van der Waals surface area contributed by atoms with Gasteiger partial charge in [0.25, 0.3) is 0 Å². The van der Waals surface area contributed by atoms with Crippen molar-refractivity contribution in [2.75, 3.05) is 54.5 Å². The zero-order valence-electron chi connectivity index (χ0n) is 14.5. The molecule has 1 saturated carbocycles. The maximum Gasteiger partial charge on any atom is 0.232 e. The molecule has 3 aliphatic rings. The maximum atomic E-state index is 5.47. The molecule has 25 heavy (non-hydrogen) atoms. The summed E-state index contributed by atoms with van der Waals surface area (Å²) >= 11 is 5.40. The van der Waals surface area contributed by atoms with E-state index in [2.05, 4.69) is 26.5 Å². The summed E-state index contributed by atoms with van der Waals surface area (Å²) in [6, 6.07) is 2.63. The number of nitrogens with one attached hydrogen (secondary N) is 2. The van der Waals surface area contributed by atoms with E-state index in [1.54, 1.807) is 0 Å². The Kier molecular flexibility index (Phi) is 5.17. The molecule has 1 aromatic heterocycles. The molecule has 7 nitrogen and oxygen atoms in total. The number of hydrogen-bond acceptors (Lipinski definition) is 6. The van der Waals surface area contributed by atoms with E-state index < -0.39 is 0 Å². The molecule has 0 unspecified atom stereocenters. The van der Waals surface area contributed by atoms with Gasteiger partial charge < -0.3 is 25.2 Å². The summed E-state index contributed by atoms with van der Waals surface area (Å²) in [4.78, 5) is 14.1. The van der Waals surface area contributed by atoms with E-state index >= 15 is 0 Å². The van der Waals surface area contributed by atoms with Gasteiger partial charge in [0.05, 0.1) is 13.2 Å². The van der Waals surface area contributed by atoms with Crippen LogP contribution in [-0.4, -0.2) is 60.5 Å². The second-order valence-corrected chi connectivity index (χ2v) is 7.34. The van der Waals surface area contributed by atoms with Crippen LogP contribution in [0.2, 0.25) is 0 Å². The quantitative estimate of drug-likeness (QED) is 0.786. The number of aromatic nitrogens is 2. The maximum absolute atomic E-state index is 5.47. The third-order valence-corrected chi connectivity index (χ3v) is 5.07. The van der Waals surface area contributed by atoms with E-state index in [1.165, 1.54) is 32.1 Å². The molecular formula is C17H26N6OS. The third-order valence-electron chi connectivity index (χ3n) is 4.85.